The number of rotatable bonds is 2. The second kappa shape index (κ2) is 4.70. The molecule has 0 spiro atoms. The van der Waals surface area contributed by atoms with Crippen LogP contribution in [0.4, 0.5) is 5.82 Å². The van der Waals surface area contributed by atoms with Gasteiger partial charge < -0.3 is 5.32 Å². The van der Waals surface area contributed by atoms with E-state index in [1.807, 2.05) is 0 Å². The van der Waals surface area contributed by atoms with Gasteiger partial charge in [-0.15, -0.1) is 5.10 Å². The molecule has 0 saturated heterocycles. The lowest BCUT2D eigenvalue weighted by molar-refractivity contribution is 0.229. The lowest BCUT2D eigenvalue weighted by Crippen LogP contribution is -2.32. The van der Waals surface area contributed by atoms with Gasteiger partial charge in [-0.3, -0.25) is 0 Å². The van der Waals surface area contributed by atoms with Crippen LogP contribution < -0.4 is 5.32 Å². The number of hydrogen-bond acceptors (Lipinski definition) is 4. The Morgan fingerprint density at radius 2 is 2.35 bits per heavy atom. The standard InChI is InChI=1S/C13H18N4/c1-13(2)6-3-4-11(8-13)16-12-10(9-14)5-7-15-17-12/h5,7,11H,3-4,6,8H2,1-2H3,(H,16,17). The van der Waals surface area contributed by atoms with E-state index in [9.17, 15) is 0 Å². The third kappa shape index (κ3) is 2.94. The summed E-state index contributed by atoms with van der Waals surface area (Å²) in [6.07, 6.45) is 6.32. The smallest absolute Gasteiger partial charge is 0.166 e. The number of aromatic nitrogens is 2. The predicted octanol–water partition coefficient (Wildman–Crippen LogP) is 2.73. The highest BCUT2D eigenvalue weighted by Crippen LogP contribution is 2.36. The summed E-state index contributed by atoms with van der Waals surface area (Å²) < 4.78 is 0. The molecule has 4 nitrogen and oxygen atoms in total. The van der Waals surface area contributed by atoms with Gasteiger partial charge in [0, 0.05) is 6.04 Å². The minimum atomic E-state index is 0.380. The zero-order chi connectivity index (χ0) is 12.3. The van der Waals surface area contributed by atoms with Crippen LogP contribution in [-0.2, 0) is 0 Å². The largest absolute Gasteiger partial charge is 0.365 e. The predicted molar refractivity (Wildman–Crippen MR) is 66.4 cm³/mol. The average Bonchev–Trinajstić information content (AvgIpc) is 2.28. The van der Waals surface area contributed by atoms with Gasteiger partial charge in [-0.1, -0.05) is 20.3 Å². The lowest BCUT2D eigenvalue weighted by Gasteiger charge is -2.35. The van der Waals surface area contributed by atoms with E-state index in [0.717, 1.165) is 12.8 Å². The van der Waals surface area contributed by atoms with E-state index in [2.05, 4.69) is 35.4 Å². The maximum absolute atomic E-state index is 8.99. The maximum Gasteiger partial charge on any atom is 0.166 e. The first kappa shape index (κ1) is 11.8. The van der Waals surface area contributed by atoms with Crippen LogP contribution in [0.3, 0.4) is 0 Å². The van der Waals surface area contributed by atoms with Gasteiger partial charge in [-0.05, 0) is 30.7 Å². The van der Waals surface area contributed by atoms with Crippen molar-refractivity contribution >= 4 is 5.82 Å². The van der Waals surface area contributed by atoms with E-state index in [1.54, 1.807) is 12.3 Å². The summed E-state index contributed by atoms with van der Waals surface area (Å²) in [6, 6.07) is 4.24. The molecule has 0 aliphatic heterocycles. The molecule has 1 aliphatic rings. The Hall–Kier alpha value is -1.63. The summed E-state index contributed by atoms with van der Waals surface area (Å²) in [5, 5.41) is 20.2. The van der Waals surface area contributed by atoms with Gasteiger partial charge in [-0.25, -0.2) is 0 Å². The Morgan fingerprint density at radius 3 is 3.06 bits per heavy atom. The van der Waals surface area contributed by atoms with Gasteiger partial charge in [0.25, 0.3) is 0 Å². The molecule has 1 unspecified atom stereocenters. The number of anilines is 1. The fourth-order valence-corrected chi connectivity index (χ4v) is 2.54. The maximum atomic E-state index is 8.99. The Kier molecular flexibility index (Phi) is 3.28. The number of nitriles is 1. The lowest BCUT2D eigenvalue weighted by atomic mass is 9.75. The van der Waals surface area contributed by atoms with Gasteiger partial charge in [0.1, 0.15) is 6.07 Å². The van der Waals surface area contributed by atoms with E-state index in [4.69, 9.17) is 5.26 Å². The monoisotopic (exact) mass is 230 g/mol. The molecule has 90 valence electrons. The molecule has 4 heteroatoms. The van der Waals surface area contributed by atoms with Crippen molar-refractivity contribution in [2.45, 2.75) is 45.6 Å². The van der Waals surface area contributed by atoms with Crippen molar-refractivity contribution in [3.8, 4) is 6.07 Å². The van der Waals surface area contributed by atoms with Crippen molar-refractivity contribution in [1.29, 1.82) is 5.26 Å². The second-order valence-electron chi connectivity index (χ2n) is 5.51. The SMILES string of the molecule is CC1(C)CCCC(Nc2nnccc2C#N)C1. The fourth-order valence-electron chi connectivity index (χ4n) is 2.54. The Morgan fingerprint density at radius 1 is 1.53 bits per heavy atom. The molecule has 1 aromatic heterocycles. The fraction of sp³-hybridized carbons (Fsp3) is 0.615. The van der Waals surface area contributed by atoms with E-state index in [0.29, 0.717) is 22.8 Å². The zero-order valence-corrected chi connectivity index (χ0v) is 10.4. The summed E-state index contributed by atoms with van der Waals surface area (Å²) in [4.78, 5) is 0. The van der Waals surface area contributed by atoms with Crippen molar-refractivity contribution in [1.82, 2.24) is 10.2 Å². The van der Waals surface area contributed by atoms with Crippen LogP contribution in [0.5, 0.6) is 0 Å². The highest BCUT2D eigenvalue weighted by molar-refractivity contribution is 5.50. The third-order valence-corrected chi connectivity index (χ3v) is 3.39. The van der Waals surface area contributed by atoms with Crippen molar-refractivity contribution in [2.75, 3.05) is 5.32 Å². The molecular weight excluding hydrogens is 212 g/mol. The van der Waals surface area contributed by atoms with E-state index in [-0.39, 0.29) is 0 Å². The van der Waals surface area contributed by atoms with Crippen LogP contribution in [0.25, 0.3) is 0 Å². The molecule has 0 amide bonds. The topological polar surface area (TPSA) is 61.6 Å². The first-order valence-electron chi connectivity index (χ1n) is 6.09. The quantitative estimate of drug-likeness (QED) is 0.848. The molecule has 0 aromatic carbocycles. The van der Waals surface area contributed by atoms with Crippen LogP contribution in [0.1, 0.15) is 45.1 Å². The average molecular weight is 230 g/mol. The van der Waals surface area contributed by atoms with Crippen LogP contribution in [0.2, 0.25) is 0 Å². The van der Waals surface area contributed by atoms with E-state index < -0.39 is 0 Å². The first-order chi connectivity index (χ1) is 8.11. The van der Waals surface area contributed by atoms with Crippen molar-refractivity contribution in [2.24, 2.45) is 5.41 Å². The highest BCUT2D eigenvalue weighted by atomic mass is 15.2. The molecule has 1 atom stereocenters. The highest BCUT2D eigenvalue weighted by Gasteiger charge is 2.28. The van der Waals surface area contributed by atoms with Gasteiger partial charge in [-0.2, -0.15) is 10.4 Å². The minimum absolute atomic E-state index is 0.380. The van der Waals surface area contributed by atoms with Crippen molar-refractivity contribution in [3.05, 3.63) is 17.8 Å². The first-order valence-corrected chi connectivity index (χ1v) is 6.09. The van der Waals surface area contributed by atoms with Gasteiger partial charge >= 0.3 is 0 Å². The molecule has 1 N–H and O–H groups in total. The zero-order valence-electron chi connectivity index (χ0n) is 10.4. The van der Waals surface area contributed by atoms with Crippen molar-refractivity contribution < 1.29 is 0 Å². The Bertz CT molecular complexity index is 433. The van der Waals surface area contributed by atoms with Crippen LogP contribution in [0.15, 0.2) is 12.3 Å². The molecule has 0 bridgehead atoms. The molecule has 1 heterocycles. The van der Waals surface area contributed by atoms with Gasteiger partial charge in [0.2, 0.25) is 0 Å². The normalized spacial score (nSPS) is 22.8. The van der Waals surface area contributed by atoms with Crippen LogP contribution in [-0.4, -0.2) is 16.2 Å². The van der Waals surface area contributed by atoms with Crippen LogP contribution in [0, 0.1) is 16.7 Å². The summed E-state index contributed by atoms with van der Waals surface area (Å²) in [5.41, 5.74) is 0.952. The summed E-state index contributed by atoms with van der Waals surface area (Å²) in [5.74, 6) is 0.623. The summed E-state index contributed by atoms with van der Waals surface area (Å²) in [6.45, 7) is 4.59. The number of nitrogens with one attached hydrogen (secondary N) is 1. The van der Waals surface area contributed by atoms with Gasteiger partial charge in [0.15, 0.2) is 5.82 Å². The van der Waals surface area contributed by atoms with E-state index in [1.165, 1.54) is 12.8 Å². The molecule has 1 aliphatic carbocycles. The second-order valence-corrected chi connectivity index (χ2v) is 5.51. The summed E-state index contributed by atoms with van der Waals surface area (Å²) in [7, 11) is 0. The van der Waals surface area contributed by atoms with Crippen LogP contribution >= 0.6 is 0 Å². The van der Waals surface area contributed by atoms with Gasteiger partial charge in [0.05, 0.1) is 11.8 Å². The number of hydrogen-bond donors (Lipinski definition) is 1. The minimum Gasteiger partial charge on any atom is -0.365 e. The molecule has 2 rings (SSSR count). The summed E-state index contributed by atoms with van der Waals surface area (Å²) >= 11 is 0. The van der Waals surface area contributed by atoms with Crippen molar-refractivity contribution in [3.63, 3.8) is 0 Å². The van der Waals surface area contributed by atoms with E-state index >= 15 is 0 Å². The Balaban J connectivity index is 2.08. The Labute approximate surface area is 102 Å². The molecule has 1 aromatic rings. The molecule has 1 saturated carbocycles. The third-order valence-electron chi connectivity index (χ3n) is 3.39. The molecule has 1 fully saturated rings. The number of nitrogens with zero attached hydrogens (tertiary/aromatic N) is 3. The molecular formula is C13H18N4. The molecule has 17 heavy (non-hydrogen) atoms. The molecule has 0 radical (unpaired) electrons.